The Labute approximate surface area is 788 Å². The molecular formula is C111H188O16P2. The third-order valence-corrected chi connectivity index (χ3v) is 23.7. The zero-order chi connectivity index (χ0) is 93.5. The van der Waals surface area contributed by atoms with Gasteiger partial charge in [-0.05, 0) is 167 Å². The summed E-state index contributed by atoms with van der Waals surface area (Å²) in [5, 5.41) is 20.8. The van der Waals surface area contributed by atoms with Crippen molar-refractivity contribution in [2.45, 2.75) is 450 Å². The van der Waals surface area contributed by atoms with Crippen LogP contribution in [0.15, 0.2) is 194 Å². The number of aliphatic hydroxyl groups is 2. The van der Waals surface area contributed by atoms with Crippen molar-refractivity contribution in [1.29, 1.82) is 0 Å². The highest BCUT2D eigenvalue weighted by Crippen LogP contribution is 2.45. The van der Waals surface area contributed by atoms with Gasteiger partial charge >= 0.3 is 33.6 Å². The summed E-state index contributed by atoms with van der Waals surface area (Å²) < 4.78 is 61.7. The van der Waals surface area contributed by atoms with E-state index in [1.165, 1.54) is 193 Å². The van der Waals surface area contributed by atoms with Gasteiger partial charge in [0, 0.05) is 19.3 Å². The number of carbonyl (C=O) groups excluding carboxylic acids is 3. The van der Waals surface area contributed by atoms with Crippen LogP contribution in [0.1, 0.15) is 432 Å². The Balaban J connectivity index is 4.64. The van der Waals surface area contributed by atoms with Gasteiger partial charge in [0.25, 0.3) is 0 Å². The van der Waals surface area contributed by atoms with Gasteiger partial charge in [0.1, 0.15) is 25.4 Å². The minimum Gasteiger partial charge on any atom is -0.463 e. The lowest BCUT2D eigenvalue weighted by Gasteiger charge is -2.21. The molecule has 0 bridgehead atoms. The van der Waals surface area contributed by atoms with E-state index in [0.29, 0.717) is 19.3 Å². The van der Waals surface area contributed by atoms with Gasteiger partial charge in [0.05, 0.1) is 26.4 Å². The summed E-state index contributed by atoms with van der Waals surface area (Å²) >= 11 is 0. The summed E-state index contributed by atoms with van der Waals surface area (Å²) in [6, 6.07) is 0. The van der Waals surface area contributed by atoms with Gasteiger partial charge in [-0.15, -0.1) is 0 Å². The number of carbonyl (C=O) groups is 3. The number of allylic oxidation sites excluding steroid dienone is 32. The van der Waals surface area contributed by atoms with Crippen LogP contribution >= 0.6 is 15.6 Å². The Bertz CT molecular complexity index is 3130. The highest BCUT2D eigenvalue weighted by Gasteiger charge is 2.30. The average molecular weight is 1840 g/mol. The van der Waals surface area contributed by atoms with Crippen LogP contribution in [-0.2, 0) is 55.8 Å². The maximum absolute atomic E-state index is 13.1. The minimum absolute atomic E-state index is 0.0928. The van der Waals surface area contributed by atoms with Crippen LogP contribution in [0.25, 0.3) is 0 Å². The lowest BCUT2D eigenvalue weighted by Crippen LogP contribution is -2.30. The van der Waals surface area contributed by atoms with Gasteiger partial charge in [-0.25, -0.2) is 9.13 Å². The van der Waals surface area contributed by atoms with Crippen LogP contribution in [0.2, 0.25) is 0 Å². The normalized spacial score (nSPS) is 14.4. The second-order valence-corrected chi connectivity index (χ2v) is 37.1. The van der Waals surface area contributed by atoms with Gasteiger partial charge in [-0.1, -0.05) is 440 Å². The molecule has 0 aliphatic carbocycles. The van der Waals surface area contributed by atoms with Crippen molar-refractivity contribution in [3.63, 3.8) is 0 Å². The number of esters is 3. The van der Waals surface area contributed by atoms with E-state index in [1.807, 2.05) is 0 Å². The third-order valence-electron chi connectivity index (χ3n) is 21.8. The molecule has 0 spiro atoms. The maximum atomic E-state index is 13.1. The molecule has 0 radical (unpaired) electrons. The summed E-state index contributed by atoms with van der Waals surface area (Å²) in [5.41, 5.74) is 0. The molecule has 0 aromatic heterocycles. The summed E-state index contributed by atoms with van der Waals surface area (Å²) in [6.07, 6.45) is 136. The van der Waals surface area contributed by atoms with Crippen molar-refractivity contribution in [2.24, 2.45) is 0 Å². The molecule has 0 saturated heterocycles. The van der Waals surface area contributed by atoms with E-state index >= 15 is 0 Å². The third kappa shape index (κ3) is 103. The lowest BCUT2D eigenvalue weighted by molar-refractivity contribution is -0.161. The van der Waals surface area contributed by atoms with E-state index in [1.54, 1.807) is 0 Å². The van der Waals surface area contributed by atoms with Crippen molar-refractivity contribution in [3.05, 3.63) is 194 Å². The fraction of sp³-hybridized carbons (Fsp3) is 0.685. The summed E-state index contributed by atoms with van der Waals surface area (Å²) in [5.74, 6) is -1.57. The van der Waals surface area contributed by atoms with Crippen molar-refractivity contribution in [2.75, 3.05) is 39.6 Å². The van der Waals surface area contributed by atoms with Crippen LogP contribution in [0, 0.1) is 0 Å². The number of hydrogen-bond acceptors (Lipinski definition) is 14. The van der Waals surface area contributed by atoms with Crippen LogP contribution in [0.4, 0.5) is 0 Å². The molecule has 4 N–H and O–H groups in total. The number of ether oxygens (including phenoxy) is 3. The first-order valence-corrected chi connectivity index (χ1v) is 54.7. The number of unbranched alkanes of at least 4 members (excludes halogenated alkanes) is 42. The molecule has 0 heterocycles. The lowest BCUT2D eigenvalue weighted by atomic mass is 10.0. The number of rotatable bonds is 97. The second kappa shape index (κ2) is 101. The molecule has 0 aliphatic heterocycles. The number of aliphatic hydroxyl groups excluding tert-OH is 2. The minimum atomic E-state index is -4.95. The number of phosphoric ester groups is 2. The highest BCUT2D eigenvalue weighted by atomic mass is 31.2. The van der Waals surface area contributed by atoms with Crippen molar-refractivity contribution in [3.8, 4) is 0 Å². The van der Waals surface area contributed by atoms with Crippen LogP contribution < -0.4 is 0 Å². The quantitative estimate of drug-likeness (QED) is 0.0146. The largest absolute Gasteiger partial charge is 0.472 e. The predicted molar refractivity (Wildman–Crippen MR) is 546 cm³/mol. The smallest absolute Gasteiger partial charge is 0.463 e. The molecule has 0 aromatic rings. The van der Waals surface area contributed by atoms with Gasteiger partial charge in [0.15, 0.2) is 6.10 Å². The Hall–Kier alpha value is -5.61. The van der Waals surface area contributed by atoms with Crippen LogP contribution in [0.3, 0.4) is 0 Å². The Morgan fingerprint density at radius 3 is 0.651 bits per heavy atom. The molecule has 16 nitrogen and oxygen atoms in total. The van der Waals surface area contributed by atoms with E-state index in [2.05, 4.69) is 215 Å². The average Bonchev–Trinajstić information content (AvgIpc) is 0.898. The van der Waals surface area contributed by atoms with Crippen molar-refractivity contribution >= 4 is 33.6 Å². The molecule has 738 valence electrons. The monoisotopic (exact) mass is 1840 g/mol. The Morgan fingerprint density at radius 2 is 0.411 bits per heavy atom. The van der Waals surface area contributed by atoms with Gasteiger partial charge in [-0.2, -0.15) is 0 Å². The molecule has 18 heteroatoms. The first-order valence-electron chi connectivity index (χ1n) is 51.7. The topological polar surface area (TPSA) is 231 Å². The zero-order valence-electron chi connectivity index (χ0n) is 81.8. The number of phosphoric acid groups is 2. The van der Waals surface area contributed by atoms with Crippen LogP contribution in [0.5, 0.6) is 0 Å². The summed E-state index contributed by atoms with van der Waals surface area (Å²) in [4.78, 5) is 59.2. The van der Waals surface area contributed by atoms with Crippen LogP contribution in [-0.4, -0.2) is 95.9 Å². The first kappa shape index (κ1) is 123. The molecule has 0 aliphatic rings. The summed E-state index contributed by atoms with van der Waals surface area (Å²) in [7, 11) is -9.83. The molecule has 0 fully saturated rings. The molecule has 0 rings (SSSR count). The van der Waals surface area contributed by atoms with Crippen molar-refractivity contribution in [1.82, 2.24) is 0 Å². The Kier molecular flexibility index (Phi) is 97.0. The molecule has 5 unspecified atom stereocenters. The SMILES string of the molecule is CC/C=C\C/C=C\C/C=C\C/C=C\C/C=C\C/C=C\CCCCCCCCCCCCCCC(=O)OCC(COP(=O)(O)OCC(O)COP(=O)(O)OCC(O)COC(=O)CCCCCCCCCCCCCCCCCCC/C=C\C/C=C\C/C=C\C/C=C\CCCCC)OC(=O)CCCCCCCCCCCC/C=C\C/C=C\C/C=C\C/C=C\C/C=C\C/C=C\CC. The van der Waals surface area contributed by atoms with E-state index in [9.17, 15) is 43.5 Å². The molecule has 5 atom stereocenters. The van der Waals surface area contributed by atoms with Gasteiger partial charge < -0.3 is 34.2 Å². The van der Waals surface area contributed by atoms with Crippen molar-refractivity contribution < 1.29 is 75.8 Å². The highest BCUT2D eigenvalue weighted by molar-refractivity contribution is 7.47. The second-order valence-electron chi connectivity index (χ2n) is 34.2. The maximum Gasteiger partial charge on any atom is 0.472 e. The molecule has 129 heavy (non-hydrogen) atoms. The Morgan fingerprint density at radius 1 is 0.225 bits per heavy atom. The number of hydrogen-bond donors (Lipinski definition) is 4. The van der Waals surface area contributed by atoms with E-state index < -0.39 is 91.5 Å². The first-order chi connectivity index (χ1) is 63.2. The zero-order valence-corrected chi connectivity index (χ0v) is 83.6. The van der Waals surface area contributed by atoms with Gasteiger partial charge in [-0.3, -0.25) is 32.5 Å². The summed E-state index contributed by atoms with van der Waals surface area (Å²) in [6.45, 7) is 2.48. The standard InChI is InChI=1S/C111H188O16P2/c1-4-7-10-13-16-19-22-25-28-31-34-37-40-43-46-49-51-52-54-57-58-61-64-67-70-73-76-79-82-85-88-91-94-97-109(114)121-100-106(112)101-123-128(117,118)124-102-107(113)103-125-129(119,120)126-105-108(127-111(116)99-96-93-90-87-84-81-78-75-72-69-66-63-60-55-48-45-42-39-36-33-30-27-24-21-18-15-12-9-6-3)104-122-110(115)98-95-92-89-86-83-80-77-74-71-68-65-62-59-56-53-50-47-44-41-38-35-32-29-26-23-20-17-14-11-8-5-2/h8-9,11-12,16-21,25-30,34-39,43-48,53,56,60,63,106-108,112-113H,4-7,10,13-15,22-24,31-33,40-42,49-52,54-55,57-59,61-62,64-105H2,1-3H3,(H,117,118)(H,119,120)/b11-8-,12-9-,19-16-,20-17-,21-18-,28-25-,29-26-,30-27-,37-34-,38-35-,39-36-,46-43-,47-44-,48-45-,56-53-,63-60-. The fourth-order valence-electron chi connectivity index (χ4n) is 14.0. The van der Waals surface area contributed by atoms with Gasteiger partial charge in [0.2, 0.25) is 0 Å². The molecule has 0 aromatic carbocycles. The van der Waals surface area contributed by atoms with E-state index in [0.717, 1.165) is 180 Å². The van der Waals surface area contributed by atoms with E-state index in [-0.39, 0.29) is 19.3 Å². The molecule has 0 saturated carbocycles. The molecule has 0 amide bonds. The predicted octanol–water partition coefficient (Wildman–Crippen LogP) is 32.9. The van der Waals surface area contributed by atoms with E-state index in [4.69, 9.17) is 32.3 Å². The fourth-order valence-corrected chi connectivity index (χ4v) is 15.6. The molecular weight excluding hydrogens is 1650 g/mol.